The lowest BCUT2D eigenvalue weighted by molar-refractivity contribution is 0.423. The lowest BCUT2D eigenvalue weighted by atomic mass is 9.79. The van der Waals surface area contributed by atoms with E-state index in [0.717, 1.165) is 11.1 Å². The number of hydrogen-bond acceptors (Lipinski definition) is 5. The summed E-state index contributed by atoms with van der Waals surface area (Å²) in [6.45, 7) is 14.9. The minimum atomic E-state index is -4.56. The molecule has 0 saturated heterocycles. The van der Waals surface area contributed by atoms with Gasteiger partial charge in [0.05, 0.1) is 15.5 Å². The van der Waals surface area contributed by atoms with Gasteiger partial charge in [0, 0.05) is 11.1 Å². The molecule has 0 amide bonds. The Balaban J connectivity index is 2.45. The second-order valence-corrected chi connectivity index (χ2v) is 15.0. The van der Waals surface area contributed by atoms with Gasteiger partial charge < -0.3 is 5.11 Å². The van der Waals surface area contributed by atoms with Crippen LogP contribution in [0.4, 0.5) is 5.69 Å². The highest BCUT2D eigenvalue weighted by Crippen LogP contribution is 2.44. The van der Waals surface area contributed by atoms with Gasteiger partial charge in [-0.15, -0.1) is 0 Å². The third-order valence-electron chi connectivity index (χ3n) is 6.00. The Labute approximate surface area is 215 Å². The van der Waals surface area contributed by atoms with Crippen LogP contribution in [0.2, 0.25) is 0 Å². The molecule has 0 aromatic heterocycles. The molecule has 194 valence electrons. The molecule has 6 nitrogen and oxygen atoms in total. The Kier molecular flexibility index (Phi) is 7.11. The van der Waals surface area contributed by atoms with E-state index in [1.165, 1.54) is 36.4 Å². The summed E-state index contributed by atoms with van der Waals surface area (Å²) in [4.78, 5) is -0.294. The minimum Gasteiger partial charge on any atom is -0.507 e. The number of aromatic hydroxyl groups is 1. The van der Waals surface area contributed by atoms with Gasteiger partial charge in [-0.25, -0.2) is 16.8 Å². The van der Waals surface area contributed by atoms with Crippen molar-refractivity contribution < 1.29 is 21.9 Å². The van der Waals surface area contributed by atoms with Crippen LogP contribution in [0.3, 0.4) is 0 Å². The van der Waals surface area contributed by atoms with Crippen molar-refractivity contribution >= 4 is 25.7 Å². The van der Waals surface area contributed by atoms with E-state index < -0.39 is 30.9 Å². The lowest BCUT2D eigenvalue weighted by Gasteiger charge is -2.31. The fraction of sp³-hybridized carbons (Fsp3) is 0.357. The van der Waals surface area contributed by atoms with E-state index in [0.29, 0.717) is 14.8 Å². The van der Waals surface area contributed by atoms with Crippen LogP contribution >= 0.6 is 0 Å². The predicted octanol–water partition coefficient (Wildman–Crippen LogP) is 6.19. The first-order chi connectivity index (χ1) is 16.4. The van der Waals surface area contributed by atoms with Crippen molar-refractivity contribution in [3.63, 3.8) is 0 Å². The fourth-order valence-corrected chi connectivity index (χ4v) is 7.55. The number of nitrogens with zero attached hydrogens (tertiary/aromatic N) is 1. The Morgan fingerprint density at radius 3 is 1.19 bits per heavy atom. The molecule has 0 spiro atoms. The number of phenols is 1. The number of benzene rings is 3. The van der Waals surface area contributed by atoms with Gasteiger partial charge in [0.25, 0.3) is 20.0 Å². The molecule has 0 bridgehead atoms. The maximum atomic E-state index is 14.0. The van der Waals surface area contributed by atoms with Crippen molar-refractivity contribution in [2.45, 2.75) is 76.0 Å². The maximum Gasteiger partial charge on any atom is 0.277 e. The van der Waals surface area contributed by atoms with Gasteiger partial charge in [-0.2, -0.15) is 3.71 Å². The molecule has 36 heavy (non-hydrogen) atoms. The molecular weight excluding hydrogens is 494 g/mol. The molecule has 0 aliphatic rings. The van der Waals surface area contributed by atoms with Crippen LogP contribution < -0.4 is 3.71 Å². The van der Waals surface area contributed by atoms with Crippen molar-refractivity contribution in [2.75, 3.05) is 3.71 Å². The molecule has 0 fully saturated rings. The zero-order valence-corrected chi connectivity index (χ0v) is 23.8. The molecule has 0 aliphatic heterocycles. The van der Waals surface area contributed by atoms with Crippen LogP contribution in [-0.2, 0) is 30.9 Å². The fourth-order valence-electron chi connectivity index (χ4n) is 3.89. The molecule has 0 aliphatic carbocycles. The molecule has 3 aromatic carbocycles. The average Bonchev–Trinajstić information content (AvgIpc) is 2.73. The predicted molar refractivity (Wildman–Crippen MR) is 145 cm³/mol. The summed E-state index contributed by atoms with van der Waals surface area (Å²) in [6.07, 6.45) is 0. The number of phenolic OH excluding ortho intramolecular Hbond substituents is 1. The first-order valence-corrected chi connectivity index (χ1v) is 14.6. The highest BCUT2D eigenvalue weighted by molar-refractivity contribution is 8.10. The standard InChI is InChI=1S/C28H35NO5S2/c1-19-9-13-22(14-10-19)35(31,32)29(36(33,34)23-15-11-20(2)12-16-23)21-17-24(27(3,4)5)26(30)25(18-21)28(6,7)8/h9-18,30H,1-8H3. The summed E-state index contributed by atoms with van der Waals surface area (Å²) in [5, 5.41) is 11.1. The highest BCUT2D eigenvalue weighted by Gasteiger charge is 2.39. The molecule has 3 rings (SSSR count). The van der Waals surface area contributed by atoms with Crippen LogP contribution in [0.25, 0.3) is 0 Å². The van der Waals surface area contributed by atoms with E-state index in [4.69, 9.17) is 0 Å². The minimum absolute atomic E-state index is 0.0270. The third-order valence-corrected chi connectivity index (χ3v) is 10.2. The molecule has 0 atom stereocenters. The normalized spacial score (nSPS) is 13.0. The van der Waals surface area contributed by atoms with E-state index in [2.05, 4.69) is 0 Å². The smallest absolute Gasteiger partial charge is 0.277 e. The van der Waals surface area contributed by atoms with Crippen molar-refractivity contribution in [2.24, 2.45) is 0 Å². The van der Waals surface area contributed by atoms with Crippen molar-refractivity contribution in [1.82, 2.24) is 0 Å². The van der Waals surface area contributed by atoms with Gasteiger partial charge in [0.15, 0.2) is 0 Å². The molecule has 3 aromatic rings. The van der Waals surface area contributed by atoms with Crippen LogP contribution in [-0.4, -0.2) is 21.9 Å². The van der Waals surface area contributed by atoms with Crippen LogP contribution in [0, 0.1) is 13.8 Å². The van der Waals surface area contributed by atoms with E-state index >= 15 is 0 Å². The topological polar surface area (TPSA) is 91.8 Å². The van der Waals surface area contributed by atoms with E-state index in [1.807, 2.05) is 55.4 Å². The SMILES string of the molecule is Cc1ccc(S(=O)(=O)N(c2cc(C(C)(C)C)c(O)c(C(C)(C)C)c2)S(=O)(=O)c2ccc(C)cc2)cc1. The number of anilines is 1. The second kappa shape index (κ2) is 9.23. The average molecular weight is 530 g/mol. The Hall–Kier alpha value is -2.84. The second-order valence-electron chi connectivity index (χ2n) is 11.2. The summed E-state index contributed by atoms with van der Waals surface area (Å²) in [5.41, 5.74) is 1.36. The quantitative estimate of drug-likeness (QED) is 0.426. The van der Waals surface area contributed by atoms with Gasteiger partial charge in [-0.05, 0) is 61.1 Å². The summed E-state index contributed by atoms with van der Waals surface area (Å²) in [7, 11) is -9.12. The molecular formula is C28H35NO5S2. The summed E-state index contributed by atoms with van der Waals surface area (Å²) >= 11 is 0. The van der Waals surface area contributed by atoms with Crippen molar-refractivity contribution in [3.8, 4) is 5.75 Å². The van der Waals surface area contributed by atoms with E-state index in [9.17, 15) is 21.9 Å². The number of sulfonamides is 2. The summed E-state index contributed by atoms with van der Waals surface area (Å²) in [5.74, 6) is 0.0270. The third kappa shape index (κ3) is 5.30. The molecule has 0 saturated carbocycles. The van der Waals surface area contributed by atoms with Gasteiger partial charge in [0.1, 0.15) is 5.75 Å². The van der Waals surface area contributed by atoms with Gasteiger partial charge in [-0.3, -0.25) is 0 Å². The summed E-state index contributed by atoms with van der Waals surface area (Å²) in [6, 6.07) is 15.0. The van der Waals surface area contributed by atoms with Crippen LogP contribution in [0.15, 0.2) is 70.5 Å². The van der Waals surface area contributed by atoms with Gasteiger partial charge in [0.2, 0.25) is 0 Å². The zero-order chi connectivity index (χ0) is 27.3. The van der Waals surface area contributed by atoms with Crippen LogP contribution in [0.1, 0.15) is 63.8 Å². The summed E-state index contributed by atoms with van der Waals surface area (Å²) < 4.78 is 56.6. The first kappa shape index (κ1) is 27.7. The Bertz CT molecular complexity index is 1360. The van der Waals surface area contributed by atoms with Crippen molar-refractivity contribution in [3.05, 3.63) is 82.9 Å². The lowest BCUT2D eigenvalue weighted by Crippen LogP contribution is -2.37. The highest BCUT2D eigenvalue weighted by atomic mass is 32.3. The van der Waals surface area contributed by atoms with E-state index in [-0.39, 0.29) is 21.2 Å². The largest absolute Gasteiger partial charge is 0.507 e. The monoisotopic (exact) mass is 529 g/mol. The molecule has 8 heteroatoms. The number of hydrogen-bond donors (Lipinski definition) is 1. The van der Waals surface area contributed by atoms with Crippen LogP contribution in [0.5, 0.6) is 5.75 Å². The maximum absolute atomic E-state index is 14.0. The Morgan fingerprint density at radius 2 is 0.917 bits per heavy atom. The zero-order valence-electron chi connectivity index (χ0n) is 22.1. The molecule has 0 unspecified atom stereocenters. The first-order valence-electron chi connectivity index (χ1n) is 11.7. The van der Waals surface area contributed by atoms with Gasteiger partial charge in [-0.1, -0.05) is 76.9 Å². The van der Waals surface area contributed by atoms with E-state index in [1.54, 1.807) is 24.3 Å². The molecule has 0 heterocycles. The van der Waals surface area contributed by atoms with Crippen molar-refractivity contribution in [1.29, 1.82) is 0 Å². The molecule has 1 N–H and O–H groups in total. The number of rotatable bonds is 5. The number of aryl methyl sites for hydroxylation is 2. The Morgan fingerprint density at radius 1 is 0.611 bits per heavy atom. The van der Waals surface area contributed by atoms with Gasteiger partial charge >= 0.3 is 0 Å². The molecule has 0 radical (unpaired) electrons.